The summed E-state index contributed by atoms with van der Waals surface area (Å²) in [6.07, 6.45) is 11.5. The van der Waals surface area contributed by atoms with Gasteiger partial charge in [0.25, 0.3) is 0 Å². The van der Waals surface area contributed by atoms with E-state index >= 15 is 4.39 Å². The van der Waals surface area contributed by atoms with Crippen molar-refractivity contribution in [1.29, 1.82) is 0 Å². The SMILES string of the molecule is O=C(O)c1ccc(CC(=O)[C@@H]2c3cccc(OCCC4CCCCC4)c3CCN2C(=O)/C=C/c2c(-n3cnnn3)ccc(Cl)c2F)cc1. The van der Waals surface area contributed by atoms with Gasteiger partial charge in [0.1, 0.15) is 18.1 Å². The summed E-state index contributed by atoms with van der Waals surface area (Å²) in [7, 11) is 0. The lowest BCUT2D eigenvalue weighted by molar-refractivity contribution is -0.136. The van der Waals surface area contributed by atoms with Gasteiger partial charge in [-0.1, -0.05) is 68.0 Å². The van der Waals surface area contributed by atoms with Crippen LogP contribution in [0.1, 0.15) is 77.2 Å². The molecule has 0 radical (unpaired) electrons. The molecular weight excluding hydrogens is 637 g/mol. The van der Waals surface area contributed by atoms with E-state index in [0.29, 0.717) is 35.8 Å². The van der Waals surface area contributed by atoms with Crippen LogP contribution in [0, 0.1) is 11.7 Å². The number of hydrogen-bond donors (Lipinski definition) is 1. The maximum absolute atomic E-state index is 15.2. The van der Waals surface area contributed by atoms with Gasteiger partial charge in [0.15, 0.2) is 11.6 Å². The maximum Gasteiger partial charge on any atom is 0.335 e. The zero-order valence-corrected chi connectivity index (χ0v) is 27.0. The lowest BCUT2D eigenvalue weighted by Gasteiger charge is -2.36. The highest BCUT2D eigenvalue weighted by Gasteiger charge is 2.36. The first-order chi connectivity index (χ1) is 23.3. The van der Waals surface area contributed by atoms with Gasteiger partial charge in [-0.15, -0.1) is 5.10 Å². The minimum Gasteiger partial charge on any atom is -0.493 e. The Balaban J connectivity index is 1.29. The van der Waals surface area contributed by atoms with E-state index in [1.54, 1.807) is 18.2 Å². The van der Waals surface area contributed by atoms with Crippen LogP contribution in [-0.4, -0.2) is 61.0 Å². The predicted molar refractivity (Wildman–Crippen MR) is 177 cm³/mol. The van der Waals surface area contributed by atoms with E-state index in [4.69, 9.17) is 16.3 Å². The molecule has 2 aliphatic rings. The van der Waals surface area contributed by atoms with Gasteiger partial charge in [0.2, 0.25) is 5.91 Å². The van der Waals surface area contributed by atoms with Gasteiger partial charge in [-0.2, -0.15) is 4.68 Å². The predicted octanol–water partition coefficient (Wildman–Crippen LogP) is 6.45. The zero-order valence-electron chi connectivity index (χ0n) is 26.2. The third kappa shape index (κ3) is 7.31. The monoisotopic (exact) mass is 671 g/mol. The van der Waals surface area contributed by atoms with Gasteiger partial charge in [-0.05, 0) is 76.7 Å². The van der Waals surface area contributed by atoms with Crippen molar-refractivity contribution in [3.05, 3.63) is 106 Å². The summed E-state index contributed by atoms with van der Waals surface area (Å²) >= 11 is 6.08. The molecular formula is C36H35ClFN5O5. The third-order valence-electron chi connectivity index (χ3n) is 9.15. The number of fused-ring (bicyclic) bond motifs is 1. The molecule has 10 nitrogen and oxygen atoms in total. The van der Waals surface area contributed by atoms with Crippen molar-refractivity contribution < 1.29 is 28.6 Å². The van der Waals surface area contributed by atoms with Gasteiger partial charge >= 0.3 is 5.97 Å². The summed E-state index contributed by atoms with van der Waals surface area (Å²) in [5, 5.41) is 20.2. The molecule has 1 N–H and O–H groups in total. The second-order valence-corrected chi connectivity index (χ2v) is 12.6. The van der Waals surface area contributed by atoms with Gasteiger partial charge < -0.3 is 14.7 Å². The van der Waals surface area contributed by atoms with Crippen molar-refractivity contribution in [1.82, 2.24) is 25.1 Å². The Bertz CT molecular complexity index is 1820. The summed E-state index contributed by atoms with van der Waals surface area (Å²) in [5.74, 6) is -1.18. The molecule has 0 saturated heterocycles. The van der Waals surface area contributed by atoms with Gasteiger partial charge in [0, 0.05) is 30.2 Å². The Morgan fingerprint density at radius 3 is 2.56 bits per heavy atom. The Morgan fingerprint density at radius 2 is 1.83 bits per heavy atom. The number of hydrogen-bond acceptors (Lipinski definition) is 7. The van der Waals surface area contributed by atoms with Gasteiger partial charge in [-0.3, -0.25) is 9.59 Å². The molecule has 1 fully saturated rings. The van der Waals surface area contributed by atoms with Crippen LogP contribution in [-0.2, 0) is 22.4 Å². The molecule has 1 aliphatic carbocycles. The van der Waals surface area contributed by atoms with E-state index in [2.05, 4.69) is 15.5 Å². The highest BCUT2D eigenvalue weighted by Crippen LogP contribution is 2.37. The van der Waals surface area contributed by atoms with Crippen LogP contribution in [0.25, 0.3) is 11.8 Å². The van der Waals surface area contributed by atoms with E-state index < -0.39 is 23.7 Å². The molecule has 1 aromatic heterocycles. The number of carbonyl (C=O) groups is 3. The highest BCUT2D eigenvalue weighted by molar-refractivity contribution is 6.31. The van der Waals surface area contributed by atoms with Crippen molar-refractivity contribution in [2.24, 2.45) is 5.92 Å². The van der Waals surface area contributed by atoms with Crippen LogP contribution in [0.5, 0.6) is 5.75 Å². The maximum atomic E-state index is 15.2. The van der Waals surface area contributed by atoms with E-state index in [1.165, 1.54) is 78.4 Å². The molecule has 248 valence electrons. The van der Waals surface area contributed by atoms with E-state index in [-0.39, 0.29) is 40.6 Å². The van der Waals surface area contributed by atoms with Crippen molar-refractivity contribution >= 4 is 35.3 Å². The Kier molecular flexibility index (Phi) is 10.2. The second kappa shape index (κ2) is 14.9. The van der Waals surface area contributed by atoms with Crippen molar-refractivity contribution in [2.75, 3.05) is 13.2 Å². The zero-order chi connectivity index (χ0) is 33.6. The lowest BCUT2D eigenvalue weighted by Crippen LogP contribution is -2.43. The number of rotatable bonds is 11. The number of ketones is 1. The summed E-state index contributed by atoms with van der Waals surface area (Å²) < 4.78 is 22.8. The molecule has 0 spiro atoms. The molecule has 6 rings (SSSR count). The van der Waals surface area contributed by atoms with Gasteiger partial charge in [0.05, 0.1) is 22.9 Å². The van der Waals surface area contributed by atoms with Crippen LogP contribution in [0.4, 0.5) is 4.39 Å². The molecule has 48 heavy (non-hydrogen) atoms. The number of amides is 1. The molecule has 1 saturated carbocycles. The molecule has 1 atom stereocenters. The minimum atomic E-state index is -1.06. The minimum absolute atomic E-state index is 0.00982. The number of Topliss-reactive ketones (excluding diaryl/α,β-unsaturated/α-hetero) is 1. The van der Waals surface area contributed by atoms with Crippen LogP contribution in [0.3, 0.4) is 0 Å². The molecule has 4 aromatic rings. The first-order valence-electron chi connectivity index (χ1n) is 16.1. The largest absolute Gasteiger partial charge is 0.493 e. The fraction of sp³-hybridized carbons (Fsp3) is 0.333. The molecule has 0 bridgehead atoms. The number of carboxylic acids is 1. The summed E-state index contributed by atoms with van der Waals surface area (Å²) in [6.45, 7) is 0.807. The topological polar surface area (TPSA) is 128 Å². The third-order valence-corrected chi connectivity index (χ3v) is 9.44. The molecule has 1 amide bonds. The Hall–Kier alpha value is -4.90. The number of tetrazole rings is 1. The Morgan fingerprint density at radius 1 is 1.04 bits per heavy atom. The summed E-state index contributed by atoms with van der Waals surface area (Å²) in [4.78, 5) is 40.8. The van der Waals surface area contributed by atoms with Crippen molar-refractivity contribution in [3.8, 4) is 11.4 Å². The van der Waals surface area contributed by atoms with Crippen molar-refractivity contribution in [2.45, 2.75) is 57.4 Å². The number of ether oxygens (including phenoxy) is 1. The van der Waals surface area contributed by atoms with E-state index in [0.717, 1.165) is 12.0 Å². The van der Waals surface area contributed by atoms with Crippen LogP contribution in [0.2, 0.25) is 5.02 Å². The number of aromatic carboxylic acids is 1. The number of carboxylic acid groups (broad SMARTS) is 1. The molecule has 2 heterocycles. The van der Waals surface area contributed by atoms with Crippen molar-refractivity contribution in [3.63, 3.8) is 0 Å². The first kappa shape index (κ1) is 33.0. The smallest absolute Gasteiger partial charge is 0.335 e. The normalized spacial score (nSPS) is 16.5. The summed E-state index contributed by atoms with van der Waals surface area (Å²) in [6, 6.07) is 13.7. The number of benzene rings is 3. The highest BCUT2D eigenvalue weighted by atomic mass is 35.5. The fourth-order valence-corrected chi connectivity index (χ4v) is 6.83. The molecule has 12 heteroatoms. The van der Waals surface area contributed by atoms with E-state index in [1.807, 2.05) is 18.2 Å². The standard InChI is InChI=1S/C36H35ClFN5O5/c37-29-14-15-30(43-22-39-40-41-43)28(34(29)38)13-16-33(45)42-19-17-26-27(7-4-8-32(26)48-20-18-23-5-2-1-3-6-23)35(42)31(44)21-24-9-11-25(12-10-24)36(46)47/h4,7-16,22-23,35H,1-3,5-6,17-21H2,(H,46,47)/b16-13+/t35-/m0/s1. The van der Waals surface area contributed by atoms with Crippen LogP contribution >= 0.6 is 11.6 Å². The summed E-state index contributed by atoms with van der Waals surface area (Å²) in [5.41, 5.74) is 2.58. The average Bonchev–Trinajstić information content (AvgIpc) is 3.64. The van der Waals surface area contributed by atoms with E-state index in [9.17, 15) is 19.5 Å². The molecule has 3 aromatic carbocycles. The quantitative estimate of drug-likeness (QED) is 0.180. The van der Waals surface area contributed by atoms with Crippen LogP contribution < -0.4 is 4.74 Å². The number of carbonyl (C=O) groups excluding carboxylic acids is 2. The average molecular weight is 672 g/mol. The molecule has 1 aliphatic heterocycles. The number of nitrogens with zero attached hydrogens (tertiary/aromatic N) is 5. The number of halogens is 2. The number of aromatic nitrogens is 4. The van der Waals surface area contributed by atoms with Crippen LogP contribution in [0.15, 0.2) is 67.0 Å². The van der Waals surface area contributed by atoms with Gasteiger partial charge in [-0.25, -0.2) is 9.18 Å². The molecule has 0 unspecified atom stereocenters. The first-order valence-corrected chi connectivity index (χ1v) is 16.5. The second-order valence-electron chi connectivity index (χ2n) is 12.2. The Labute approximate surface area is 282 Å². The lowest BCUT2D eigenvalue weighted by atomic mass is 9.87. The fourth-order valence-electron chi connectivity index (χ4n) is 6.67.